The Balaban J connectivity index is 1.96. The number of amides is 1. The summed E-state index contributed by atoms with van der Waals surface area (Å²) in [7, 11) is 2.79. The molecule has 1 heterocycles. The van der Waals surface area contributed by atoms with Crippen LogP contribution in [-0.2, 0) is 0 Å². The predicted octanol–water partition coefficient (Wildman–Crippen LogP) is 3.15. The maximum absolute atomic E-state index is 13.5. The number of benzene rings is 3. The van der Waals surface area contributed by atoms with Crippen LogP contribution in [-0.4, -0.2) is 26.1 Å². The second kappa shape index (κ2) is 8.02. The van der Waals surface area contributed by atoms with Crippen molar-refractivity contribution in [1.82, 2.24) is 0 Å². The molecular weight excluding hydrogens is 396 g/mol. The molecule has 0 bridgehead atoms. The average Bonchev–Trinajstić information content (AvgIpc) is 2.78. The summed E-state index contributed by atoms with van der Waals surface area (Å²) in [5.74, 6) is -1.38. The van der Waals surface area contributed by atoms with Crippen molar-refractivity contribution in [3.8, 4) is 11.5 Å². The first-order valence-electron chi connectivity index (χ1n) is 9.68. The highest BCUT2D eigenvalue weighted by molar-refractivity contribution is 6.12. The summed E-state index contributed by atoms with van der Waals surface area (Å²) in [5, 5.41) is 15.5. The van der Waals surface area contributed by atoms with Crippen LogP contribution >= 0.6 is 0 Å². The van der Waals surface area contributed by atoms with E-state index in [0.717, 1.165) is 5.56 Å². The maximum Gasteiger partial charge on any atom is 0.262 e. The van der Waals surface area contributed by atoms with Crippen LogP contribution in [0.5, 0.6) is 11.5 Å². The topological polar surface area (TPSA) is 90.9 Å². The number of fused-ring (bicyclic) bond motifs is 1. The molecule has 0 fully saturated rings. The standard InChI is InChI=1S/C24H22N2O5/c1-14-8-10-15(11-9-14)26-22(25-18-7-5-4-6-16(18)23(26)27)17-12-13-19(30-2)21(31-3)20(17)24(28)29/h4-13,22,25H,1-3H3,(H,28,29)/p-1/t22-/m0/s1. The van der Waals surface area contributed by atoms with Crippen molar-refractivity contribution < 1.29 is 24.2 Å². The van der Waals surface area contributed by atoms with Gasteiger partial charge in [-0.25, -0.2) is 0 Å². The molecule has 1 N–H and O–H groups in total. The van der Waals surface area contributed by atoms with Crippen LogP contribution in [0, 0.1) is 6.92 Å². The van der Waals surface area contributed by atoms with Crippen LogP contribution in [0.15, 0.2) is 60.7 Å². The van der Waals surface area contributed by atoms with Crippen LogP contribution in [0.3, 0.4) is 0 Å². The van der Waals surface area contributed by atoms with Crippen molar-refractivity contribution in [3.63, 3.8) is 0 Å². The molecule has 0 aromatic heterocycles. The summed E-state index contributed by atoms with van der Waals surface area (Å²) in [6.07, 6.45) is -0.808. The van der Waals surface area contributed by atoms with Gasteiger partial charge in [0.15, 0.2) is 11.5 Å². The molecule has 7 heteroatoms. The van der Waals surface area contributed by atoms with Crippen molar-refractivity contribution in [1.29, 1.82) is 0 Å². The number of hydrogen-bond donors (Lipinski definition) is 1. The average molecular weight is 417 g/mol. The van der Waals surface area contributed by atoms with E-state index < -0.39 is 12.1 Å². The first-order chi connectivity index (χ1) is 15.0. The van der Waals surface area contributed by atoms with E-state index in [-0.39, 0.29) is 23.0 Å². The molecule has 1 aliphatic rings. The van der Waals surface area contributed by atoms with Gasteiger partial charge in [0, 0.05) is 16.9 Å². The zero-order valence-corrected chi connectivity index (χ0v) is 17.3. The number of carboxylic acid groups (broad SMARTS) is 1. The lowest BCUT2D eigenvalue weighted by atomic mass is 9.97. The molecule has 0 unspecified atom stereocenters. The van der Waals surface area contributed by atoms with Gasteiger partial charge in [-0.3, -0.25) is 9.69 Å². The predicted molar refractivity (Wildman–Crippen MR) is 115 cm³/mol. The molecule has 0 radical (unpaired) electrons. The van der Waals surface area contributed by atoms with Gasteiger partial charge in [0.2, 0.25) is 0 Å². The van der Waals surface area contributed by atoms with Crippen molar-refractivity contribution in [2.75, 3.05) is 24.4 Å². The monoisotopic (exact) mass is 417 g/mol. The Morgan fingerprint density at radius 3 is 2.35 bits per heavy atom. The zero-order valence-electron chi connectivity index (χ0n) is 17.3. The van der Waals surface area contributed by atoms with E-state index in [1.807, 2.05) is 37.3 Å². The Morgan fingerprint density at radius 2 is 1.71 bits per heavy atom. The van der Waals surface area contributed by atoms with Gasteiger partial charge in [-0.1, -0.05) is 35.9 Å². The molecule has 0 saturated heterocycles. The molecule has 0 aliphatic carbocycles. The van der Waals surface area contributed by atoms with E-state index in [4.69, 9.17) is 9.47 Å². The quantitative estimate of drug-likeness (QED) is 0.686. The fourth-order valence-corrected chi connectivity index (χ4v) is 3.82. The van der Waals surface area contributed by atoms with Gasteiger partial charge < -0.3 is 24.7 Å². The summed E-state index contributed by atoms with van der Waals surface area (Å²) < 4.78 is 10.6. The van der Waals surface area contributed by atoms with E-state index in [1.165, 1.54) is 19.1 Å². The number of anilines is 2. The summed E-state index contributed by atoms with van der Waals surface area (Å²) in [6.45, 7) is 1.95. The van der Waals surface area contributed by atoms with Crippen LogP contribution in [0.2, 0.25) is 0 Å². The number of aryl methyl sites for hydroxylation is 1. The van der Waals surface area contributed by atoms with E-state index >= 15 is 0 Å². The number of hydrogen-bond acceptors (Lipinski definition) is 6. The Morgan fingerprint density at radius 1 is 1.00 bits per heavy atom. The third kappa shape index (κ3) is 3.44. The normalized spacial score (nSPS) is 15.1. The Kier molecular flexibility index (Phi) is 5.25. The lowest BCUT2D eigenvalue weighted by Crippen LogP contribution is -2.44. The highest BCUT2D eigenvalue weighted by Gasteiger charge is 2.36. The fraction of sp³-hybridized carbons (Fsp3) is 0.167. The molecular formula is C24H21N2O5-. The summed E-state index contributed by atoms with van der Waals surface area (Å²) >= 11 is 0. The molecule has 158 valence electrons. The van der Waals surface area contributed by atoms with Crippen LogP contribution < -0.4 is 24.8 Å². The van der Waals surface area contributed by atoms with Crippen LogP contribution in [0.25, 0.3) is 0 Å². The number of rotatable bonds is 5. The molecule has 0 saturated carbocycles. The first kappa shape index (κ1) is 20.3. The molecule has 1 aliphatic heterocycles. The molecule has 31 heavy (non-hydrogen) atoms. The summed E-state index contributed by atoms with van der Waals surface area (Å²) in [5.41, 5.74) is 2.92. The number of carbonyl (C=O) groups is 2. The van der Waals surface area contributed by atoms with E-state index in [0.29, 0.717) is 22.5 Å². The van der Waals surface area contributed by atoms with Gasteiger partial charge in [0.25, 0.3) is 5.91 Å². The summed E-state index contributed by atoms with van der Waals surface area (Å²) in [6, 6.07) is 17.8. The number of carboxylic acids is 1. The first-order valence-corrected chi connectivity index (χ1v) is 9.68. The van der Waals surface area contributed by atoms with Gasteiger partial charge in [0.1, 0.15) is 6.17 Å². The minimum Gasteiger partial charge on any atom is -0.545 e. The van der Waals surface area contributed by atoms with Crippen molar-refractivity contribution >= 4 is 23.3 Å². The summed E-state index contributed by atoms with van der Waals surface area (Å²) in [4.78, 5) is 27.2. The fourth-order valence-electron chi connectivity index (χ4n) is 3.82. The highest BCUT2D eigenvalue weighted by Crippen LogP contribution is 2.42. The third-order valence-corrected chi connectivity index (χ3v) is 5.32. The molecule has 7 nitrogen and oxygen atoms in total. The van der Waals surface area contributed by atoms with Gasteiger partial charge in [-0.2, -0.15) is 0 Å². The Hall–Kier alpha value is -4.00. The minimum atomic E-state index is -1.43. The second-order valence-corrected chi connectivity index (χ2v) is 7.16. The molecule has 4 rings (SSSR count). The molecule has 0 spiro atoms. The van der Waals surface area contributed by atoms with Gasteiger partial charge in [0.05, 0.1) is 31.3 Å². The number of carbonyl (C=O) groups excluding carboxylic acids is 2. The van der Waals surface area contributed by atoms with Gasteiger partial charge in [-0.15, -0.1) is 0 Å². The number of para-hydroxylation sites is 1. The molecule has 1 atom stereocenters. The molecule has 3 aromatic rings. The number of methoxy groups -OCH3 is 2. The van der Waals surface area contributed by atoms with Crippen molar-refractivity contribution in [2.24, 2.45) is 0 Å². The Labute approximate surface area is 179 Å². The van der Waals surface area contributed by atoms with Crippen molar-refractivity contribution in [2.45, 2.75) is 13.1 Å². The van der Waals surface area contributed by atoms with Gasteiger partial charge >= 0.3 is 0 Å². The lowest BCUT2D eigenvalue weighted by molar-refractivity contribution is -0.255. The third-order valence-electron chi connectivity index (χ3n) is 5.32. The lowest BCUT2D eigenvalue weighted by Gasteiger charge is -2.39. The van der Waals surface area contributed by atoms with E-state index in [1.54, 1.807) is 30.3 Å². The number of ether oxygens (including phenoxy) is 2. The van der Waals surface area contributed by atoms with Crippen LogP contribution in [0.1, 0.15) is 38.0 Å². The number of aromatic carboxylic acids is 1. The smallest absolute Gasteiger partial charge is 0.262 e. The SMILES string of the molecule is COc1ccc([C@H]2Nc3ccccc3C(=O)N2c2ccc(C)cc2)c(C(=O)[O-])c1OC. The largest absolute Gasteiger partial charge is 0.545 e. The maximum atomic E-state index is 13.5. The van der Waals surface area contributed by atoms with Gasteiger partial charge in [-0.05, 0) is 37.3 Å². The molecule has 3 aromatic carbocycles. The van der Waals surface area contributed by atoms with E-state index in [2.05, 4.69) is 5.32 Å². The van der Waals surface area contributed by atoms with Crippen LogP contribution in [0.4, 0.5) is 11.4 Å². The van der Waals surface area contributed by atoms with E-state index in [9.17, 15) is 14.7 Å². The minimum absolute atomic E-state index is 0.0389. The zero-order chi connectivity index (χ0) is 22.1. The number of nitrogens with zero attached hydrogens (tertiary/aromatic N) is 1. The number of nitrogens with one attached hydrogen (secondary N) is 1. The molecule has 1 amide bonds. The highest BCUT2D eigenvalue weighted by atomic mass is 16.5. The van der Waals surface area contributed by atoms with Crippen molar-refractivity contribution in [3.05, 3.63) is 82.9 Å². The Bertz CT molecular complexity index is 1160. The second-order valence-electron chi connectivity index (χ2n) is 7.16.